The molecule has 1 N–H and O–H groups in total. The number of amides is 1. The number of aromatic nitrogens is 3. The lowest BCUT2D eigenvalue weighted by molar-refractivity contribution is -0.113. The molecule has 1 heterocycles. The van der Waals surface area contributed by atoms with E-state index in [1.807, 2.05) is 66.1 Å². The van der Waals surface area contributed by atoms with E-state index < -0.39 is 0 Å². The highest BCUT2D eigenvalue weighted by molar-refractivity contribution is 7.99. The van der Waals surface area contributed by atoms with Crippen LogP contribution in [-0.4, -0.2) is 26.4 Å². The van der Waals surface area contributed by atoms with Gasteiger partial charge in [0.05, 0.1) is 17.1 Å². The molecule has 8 nitrogen and oxygen atoms in total. The Morgan fingerprint density at radius 2 is 1.71 bits per heavy atom. The molecule has 38 heavy (non-hydrogen) atoms. The van der Waals surface area contributed by atoms with Crippen LogP contribution in [0.3, 0.4) is 0 Å². The number of nitrogens with zero attached hydrogens (tertiary/aromatic N) is 5. The second-order valence-corrected chi connectivity index (χ2v) is 9.99. The van der Waals surface area contributed by atoms with E-state index in [2.05, 4.69) is 64.7 Å². The largest absolute Gasteiger partial charge is 0.485 e. The van der Waals surface area contributed by atoms with Crippen LogP contribution in [0.15, 0.2) is 88.2 Å². The molecule has 0 spiro atoms. The lowest BCUT2D eigenvalue weighted by atomic mass is 10.0. The summed E-state index contributed by atoms with van der Waals surface area (Å²) in [6.45, 7) is 9.37. The molecule has 1 aromatic heterocycles. The number of aryl methyl sites for hydroxylation is 1. The van der Waals surface area contributed by atoms with E-state index in [0.29, 0.717) is 35.6 Å². The minimum atomic E-state index is -0.126. The first-order valence-electron chi connectivity index (χ1n) is 12.6. The van der Waals surface area contributed by atoms with Gasteiger partial charge in [0.25, 0.3) is 0 Å². The maximum Gasteiger partial charge on any atom is 0.234 e. The second kappa shape index (κ2) is 13.0. The Bertz CT molecular complexity index is 1380. The molecule has 196 valence electrons. The first kappa shape index (κ1) is 27.1. The number of hydrogen-bond acceptors (Lipinski definition) is 7. The number of nitrogens with one attached hydrogen (secondary N) is 1. The molecule has 0 aliphatic rings. The zero-order valence-electron chi connectivity index (χ0n) is 22.1. The molecule has 0 unspecified atom stereocenters. The Morgan fingerprint density at radius 3 is 2.39 bits per heavy atom. The van der Waals surface area contributed by atoms with Crippen LogP contribution in [0.2, 0.25) is 0 Å². The molecule has 0 radical (unpaired) electrons. The summed E-state index contributed by atoms with van der Waals surface area (Å²) in [4.78, 5) is 12.6. The monoisotopic (exact) mass is 528 g/mol. The van der Waals surface area contributed by atoms with E-state index in [-0.39, 0.29) is 11.7 Å². The highest BCUT2D eigenvalue weighted by atomic mass is 32.2. The minimum Gasteiger partial charge on any atom is -0.485 e. The minimum absolute atomic E-state index is 0.126. The predicted octanol–water partition coefficient (Wildman–Crippen LogP) is 7.46. The summed E-state index contributed by atoms with van der Waals surface area (Å²) in [5.41, 5.74) is 4.50. The van der Waals surface area contributed by atoms with Gasteiger partial charge in [0, 0.05) is 12.2 Å². The molecule has 0 saturated carbocycles. The van der Waals surface area contributed by atoms with Gasteiger partial charge in [-0.25, -0.2) is 0 Å². The Morgan fingerprint density at radius 1 is 1.00 bits per heavy atom. The van der Waals surface area contributed by atoms with Gasteiger partial charge in [0.1, 0.15) is 12.4 Å². The van der Waals surface area contributed by atoms with E-state index in [0.717, 1.165) is 28.4 Å². The lowest BCUT2D eigenvalue weighted by Crippen LogP contribution is -2.14. The van der Waals surface area contributed by atoms with Crippen LogP contribution >= 0.6 is 11.8 Å². The van der Waals surface area contributed by atoms with Gasteiger partial charge in [-0.15, -0.1) is 10.2 Å². The van der Waals surface area contributed by atoms with Crippen LogP contribution in [0.25, 0.3) is 0 Å². The molecule has 0 fully saturated rings. The fourth-order valence-corrected chi connectivity index (χ4v) is 4.61. The molecule has 0 aliphatic carbocycles. The third-order valence-electron chi connectivity index (χ3n) is 5.78. The van der Waals surface area contributed by atoms with E-state index >= 15 is 0 Å². The van der Waals surface area contributed by atoms with Crippen LogP contribution in [-0.2, 0) is 17.9 Å². The van der Waals surface area contributed by atoms with Crippen molar-refractivity contribution >= 4 is 34.7 Å². The van der Waals surface area contributed by atoms with Gasteiger partial charge in [-0.2, -0.15) is 10.2 Å². The van der Waals surface area contributed by atoms with Gasteiger partial charge in [-0.1, -0.05) is 55.9 Å². The third kappa shape index (κ3) is 7.29. The Hall–Kier alpha value is -3.98. The van der Waals surface area contributed by atoms with Crippen molar-refractivity contribution in [2.75, 3.05) is 11.1 Å². The van der Waals surface area contributed by atoms with Gasteiger partial charge in [-0.05, 0) is 73.4 Å². The van der Waals surface area contributed by atoms with Crippen molar-refractivity contribution in [3.8, 4) is 5.75 Å². The molecule has 4 aromatic rings. The number of anilines is 1. The van der Waals surface area contributed by atoms with Crippen LogP contribution < -0.4 is 10.1 Å². The highest BCUT2D eigenvalue weighted by Crippen LogP contribution is 2.28. The number of rotatable bonds is 11. The van der Waals surface area contributed by atoms with E-state index in [1.54, 1.807) is 0 Å². The van der Waals surface area contributed by atoms with E-state index in [4.69, 9.17) is 4.74 Å². The van der Waals surface area contributed by atoms with Gasteiger partial charge < -0.3 is 14.6 Å². The highest BCUT2D eigenvalue weighted by Gasteiger charge is 2.15. The molecule has 0 saturated heterocycles. The van der Waals surface area contributed by atoms with Gasteiger partial charge in [0.15, 0.2) is 11.0 Å². The summed E-state index contributed by atoms with van der Waals surface area (Å²) in [7, 11) is 0. The number of thioether (sulfide) groups is 1. The van der Waals surface area contributed by atoms with Crippen molar-refractivity contribution in [1.82, 2.24) is 14.8 Å². The average Bonchev–Trinajstić information content (AvgIpc) is 3.32. The topological polar surface area (TPSA) is 93.8 Å². The standard InChI is InChI=1S/C29H32N6O2S/c1-5-35-27(18-37-26-17-21(4)11-16-25(26)20(2)3)33-34-29(35)38-19-28(36)30-22-12-14-24(15-13-22)32-31-23-9-7-6-8-10-23/h6-17,20H,5,18-19H2,1-4H3,(H,30,36). The molecule has 9 heteroatoms. The van der Waals surface area contributed by atoms with Crippen molar-refractivity contribution < 1.29 is 9.53 Å². The molecule has 0 aliphatic heterocycles. The van der Waals surface area contributed by atoms with Crippen molar-refractivity contribution in [2.24, 2.45) is 10.2 Å². The summed E-state index contributed by atoms with van der Waals surface area (Å²) >= 11 is 1.35. The average molecular weight is 529 g/mol. The molecule has 3 aromatic carbocycles. The van der Waals surface area contributed by atoms with Crippen molar-refractivity contribution in [1.29, 1.82) is 0 Å². The molecule has 0 bridgehead atoms. The lowest BCUT2D eigenvalue weighted by Gasteiger charge is -2.15. The molecule has 4 rings (SSSR count). The summed E-state index contributed by atoms with van der Waals surface area (Å²) in [6.07, 6.45) is 0. The first-order chi connectivity index (χ1) is 18.4. The Balaban J connectivity index is 1.31. The molecular weight excluding hydrogens is 496 g/mol. The molecular formula is C29H32N6O2S. The SMILES string of the molecule is CCn1c(COc2cc(C)ccc2C(C)C)nnc1SCC(=O)Nc1ccc(N=Nc2ccccc2)cc1. The normalized spacial score (nSPS) is 11.3. The smallest absolute Gasteiger partial charge is 0.234 e. The summed E-state index contributed by atoms with van der Waals surface area (Å²) in [5, 5.41) is 20.7. The van der Waals surface area contributed by atoms with Crippen LogP contribution in [0.4, 0.5) is 17.1 Å². The molecule has 0 atom stereocenters. The van der Waals surface area contributed by atoms with Crippen molar-refractivity contribution in [3.05, 3.63) is 89.7 Å². The first-order valence-corrected chi connectivity index (χ1v) is 13.6. The van der Waals surface area contributed by atoms with Gasteiger partial charge in [-0.3, -0.25) is 4.79 Å². The fourth-order valence-electron chi connectivity index (χ4n) is 3.78. The predicted molar refractivity (Wildman–Crippen MR) is 152 cm³/mol. The number of benzene rings is 3. The van der Waals surface area contributed by atoms with Crippen LogP contribution in [0, 0.1) is 6.92 Å². The fraction of sp³-hybridized carbons (Fsp3) is 0.276. The third-order valence-corrected chi connectivity index (χ3v) is 6.74. The molecule has 1 amide bonds. The summed E-state index contributed by atoms with van der Waals surface area (Å²) in [6, 6.07) is 23.0. The number of azo groups is 1. The number of carbonyl (C=O) groups excluding carboxylic acids is 1. The van der Waals surface area contributed by atoms with Crippen LogP contribution in [0.5, 0.6) is 5.75 Å². The maximum absolute atomic E-state index is 12.6. The van der Waals surface area contributed by atoms with Crippen LogP contribution in [0.1, 0.15) is 43.6 Å². The van der Waals surface area contributed by atoms with Gasteiger partial charge in [0.2, 0.25) is 5.91 Å². The maximum atomic E-state index is 12.6. The second-order valence-electron chi connectivity index (χ2n) is 9.05. The summed E-state index contributed by atoms with van der Waals surface area (Å²) < 4.78 is 8.13. The zero-order chi connectivity index (χ0) is 26.9. The number of carbonyl (C=O) groups is 1. The van der Waals surface area contributed by atoms with Gasteiger partial charge >= 0.3 is 0 Å². The van der Waals surface area contributed by atoms with Crippen molar-refractivity contribution in [3.63, 3.8) is 0 Å². The number of ether oxygens (including phenoxy) is 1. The quantitative estimate of drug-likeness (QED) is 0.161. The summed E-state index contributed by atoms with van der Waals surface area (Å²) in [5.74, 6) is 2.04. The Labute approximate surface area is 227 Å². The Kier molecular flexibility index (Phi) is 9.26. The number of hydrogen-bond donors (Lipinski definition) is 1. The van der Waals surface area contributed by atoms with E-state index in [1.165, 1.54) is 11.8 Å². The van der Waals surface area contributed by atoms with E-state index in [9.17, 15) is 4.79 Å². The van der Waals surface area contributed by atoms with Crippen molar-refractivity contribution in [2.45, 2.75) is 51.9 Å². The zero-order valence-corrected chi connectivity index (χ0v) is 22.9.